The van der Waals surface area contributed by atoms with E-state index in [4.69, 9.17) is 16.3 Å². The zero-order chi connectivity index (χ0) is 17.7. The third-order valence-electron chi connectivity index (χ3n) is 3.81. The van der Waals surface area contributed by atoms with Crippen molar-refractivity contribution in [1.82, 2.24) is 0 Å². The second-order valence-electron chi connectivity index (χ2n) is 6.79. The van der Waals surface area contributed by atoms with Crippen molar-refractivity contribution in [2.75, 3.05) is 0 Å². The summed E-state index contributed by atoms with van der Waals surface area (Å²) in [5.74, 6) is 1.20. The normalized spacial score (nSPS) is 12.5. The first-order chi connectivity index (χ1) is 11.4. The molecule has 0 spiro atoms. The fourth-order valence-corrected chi connectivity index (χ4v) is 2.86. The van der Waals surface area contributed by atoms with Crippen molar-refractivity contribution in [3.63, 3.8) is 0 Å². The third kappa shape index (κ3) is 5.10. The summed E-state index contributed by atoms with van der Waals surface area (Å²) in [6, 6.07) is 15.0. The highest BCUT2D eigenvalue weighted by Gasteiger charge is 2.23. The lowest BCUT2D eigenvalue weighted by Crippen LogP contribution is -2.15. The molecule has 0 N–H and O–H groups in total. The molecule has 0 saturated carbocycles. The first-order valence-corrected chi connectivity index (χ1v) is 8.81. The molecule has 2 rings (SSSR count). The van der Waals surface area contributed by atoms with Gasteiger partial charge < -0.3 is 4.74 Å². The predicted molar refractivity (Wildman–Crippen MR) is 100 cm³/mol. The van der Waals surface area contributed by atoms with Gasteiger partial charge in [0.1, 0.15) is 5.75 Å². The van der Waals surface area contributed by atoms with E-state index >= 15 is 0 Å². The van der Waals surface area contributed by atoms with Crippen molar-refractivity contribution in [3.05, 3.63) is 64.7 Å². The van der Waals surface area contributed by atoms with Crippen molar-refractivity contribution in [2.24, 2.45) is 5.92 Å². The number of hydrogen-bond acceptors (Lipinski definition) is 2. The molecule has 0 fully saturated rings. The molecule has 1 atom stereocenters. The van der Waals surface area contributed by atoms with E-state index in [1.165, 1.54) is 0 Å². The first-order valence-electron chi connectivity index (χ1n) is 8.43. The number of carbonyl (C=O) groups excluding carboxylic acids is 1. The zero-order valence-corrected chi connectivity index (χ0v) is 15.5. The Bertz CT molecular complexity index is 657. The molecular weight excluding hydrogens is 320 g/mol. The molecule has 0 amide bonds. The molecule has 2 aromatic carbocycles. The van der Waals surface area contributed by atoms with Crippen LogP contribution in [0.15, 0.2) is 48.5 Å². The summed E-state index contributed by atoms with van der Waals surface area (Å²) in [6.45, 7) is 8.24. The zero-order valence-electron chi connectivity index (χ0n) is 14.8. The Morgan fingerprint density at radius 2 is 1.54 bits per heavy atom. The van der Waals surface area contributed by atoms with Crippen molar-refractivity contribution >= 4 is 17.4 Å². The van der Waals surface area contributed by atoms with Gasteiger partial charge in [-0.25, -0.2) is 0 Å². The Kier molecular flexibility index (Phi) is 6.44. The maximum Gasteiger partial charge on any atom is 0.170 e. The highest BCUT2D eigenvalue weighted by molar-refractivity contribution is 6.30. The van der Waals surface area contributed by atoms with E-state index in [0.717, 1.165) is 17.7 Å². The number of ketones is 1. The van der Waals surface area contributed by atoms with Gasteiger partial charge in [0.25, 0.3) is 0 Å². The van der Waals surface area contributed by atoms with Gasteiger partial charge in [0.15, 0.2) is 5.78 Å². The summed E-state index contributed by atoms with van der Waals surface area (Å²) in [4.78, 5) is 13.0. The van der Waals surface area contributed by atoms with E-state index in [-0.39, 0.29) is 17.8 Å². The van der Waals surface area contributed by atoms with Crippen LogP contribution in [0.5, 0.6) is 5.75 Å². The van der Waals surface area contributed by atoms with Gasteiger partial charge in [-0.05, 0) is 68.1 Å². The molecule has 2 aromatic rings. The van der Waals surface area contributed by atoms with Gasteiger partial charge >= 0.3 is 0 Å². The highest BCUT2D eigenvalue weighted by atomic mass is 35.5. The number of benzene rings is 2. The number of Topliss-reactive ketones (excluding diaryl/α,β-unsaturated/α-hetero) is 1. The Labute approximate surface area is 149 Å². The fraction of sp³-hybridized carbons (Fsp3) is 0.381. The molecule has 0 radical (unpaired) electrons. The molecule has 0 saturated heterocycles. The molecule has 0 heterocycles. The van der Waals surface area contributed by atoms with E-state index in [0.29, 0.717) is 16.5 Å². The molecule has 1 unspecified atom stereocenters. The van der Waals surface area contributed by atoms with Gasteiger partial charge in [-0.15, -0.1) is 0 Å². The summed E-state index contributed by atoms with van der Waals surface area (Å²) < 4.78 is 5.65. The number of rotatable bonds is 7. The minimum atomic E-state index is -0.154. The molecule has 0 aliphatic carbocycles. The lowest BCUT2D eigenvalue weighted by molar-refractivity contribution is 0.0948. The van der Waals surface area contributed by atoms with E-state index < -0.39 is 0 Å². The van der Waals surface area contributed by atoms with Gasteiger partial charge in [0, 0.05) is 16.5 Å². The van der Waals surface area contributed by atoms with Crippen LogP contribution in [0.4, 0.5) is 0 Å². The molecule has 0 aliphatic heterocycles. The average molecular weight is 345 g/mol. The van der Waals surface area contributed by atoms with Gasteiger partial charge in [-0.1, -0.05) is 37.6 Å². The highest BCUT2D eigenvalue weighted by Crippen LogP contribution is 2.29. The van der Waals surface area contributed by atoms with E-state index in [1.54, 1.807) is 0 Å². The summed E-state index contributed by atoms with van der Waals surface area (Å²) >= 11 is 5.98. The van der Waals surface area contributed by atoms with Crippen LogP contribution < -0.4 is 4.74 Å². The molecule has 128 valence electrons. The molecular formula is C21H25ClO2. The van der Waals surface area contributed by atoms with Crippen LogP contribution in [-0.2, 0) is 0 Å². The van der Waals surface area contributed by atoms with Crippen molar-refractivity contribution < 1.29 is 9.53 Å². The van der Waals surface area contributed by atoms with E-state index in [1.807, 2.05) is 62.4 Å². The van der Waals surface area contributed by atoms with E-state index in [2.05, 4.69) is 13.8 Å². The van der Waals surface area contributed by atoms with Gasteiger partial charge in [-0.3, -0.25) is 4.79 Å². The summed E-state index contributed by atoms with van der Waals surface area (Å²) in [5.41, 5.74) is 1.73. The van der Waals surface area contributed by atoms with Crippen LogP contribution in [-0.4, -0.2) is 11.9 Å². The molecule has 0 aliphatic rings. The van der Waals surface area contributed by atoms with Crippen molar-refractivity contribution in [2.45, 2.75) is 46.1 Å². The van der Waals surface area contributed by atoms with Crippen LogP contribution in [0.3, 0.4) is 0 Å². The van der Waals surface area contributed by atoms with Gasteiger partial charge in [0.05, 0.1) is 6.10 Å². The summed E-state index contributed by atoms with van der Waals surface area (Å²) in [5, 5.41) is 0.685. The number of carbonyl (C=O) groups is 1. The first kappa shape index (κ1) is 18.5. The SMILES string of the molecule is CC(C)CC(C(=O)c1ccc(OC(C)C)cc1)c1ccc(Cl)cc1. The third-order valence-corrected chi connectivity index (χ3v) is 4.06. The summed E-state index contributed by atoms with van der Waals surface area (Å²) in [6.07, 6.45) is 0.930. The van der Waals surface area contributed by atoms with Crippen molar-refractivity contribution in [3.8, 4) is 5.75 Å². The lowest BCUT2D eigenvalue weighted by Gasteiger charge is -2.19. The number of hydrogen-bond donors (Lipinski definition) is 0. The van der Waals surface area contributed by atoms with Crippen LogP contribution in [0.25, 0.3) is 0 Å². The number of ether oxygens (including phenoxy) is 1. The quantitative estimate of drug-likeness (QED) is 0.564. The second-order valence-corrected chi connectivity index (χ2v) is 7.23. The maximum absolute atomic E-state index is 13.0. The van der Waals surface area contributed by atoms with E-state index in [9.17, 15) is 4.79 Å². The molecule has 0 bridgehead atoms. The largest absolute Gasteiger partial charge is 0.491 e. The Morgan fingerprint density at radius 1 is 0.958 bits per heavy atom. The molecule has 2 nitrogen and oxygen atoms in total. The van der Waals surface area contributed by atoms with Gasteiger partial charge in [0.2, 0.25) is 0 Å². The Morgan fingerprint density at radius 3 is 2.04 bits per heavy atom. The maximum atomic E-state index is 13.0. The van der Waals surface area contributed by atoms with Crippen LogP contribution in [0, 0.1) is 5.92 Å². The lowest BCUT2D eigenvalue weighted by atomic mass is 9.84. The summed E-state index contributed by atoms with van der Waals surface area (Å²) in [7, 11) is 0. The predicted octanol–water partition coefficient (Wildman–Crippen LogP) is 6.14. The Hall–Kier alpha value is -1.80. The minimum absolute atomic E-state index is 0.120. The van der Waals surface area contributed by atoms with Gasteiger partial charge in [-0.2, -0.15) is 0 Å². The monoisotopic (exact) mass is 344 g/mol. The average Bonchev–Trinajstić information content (AvgIpc) is 2.53. The van der Waals surface area contributed by atoms with Crippen molar-refractivity contribution in [1.29, 1.82) is 0 Å². The second kappa shape index (κ2) is 8.34. The molecule has 3 heteroatoms. The van der Waals surface area contributed by atoms with Crippen LogP contribution >= 0.6 is 11.6 Å². The van der Waals surface area contributed by atoms with Crippen LogP contribution in [0.2, 0.25) is 5.02 Å². The smallest absolute Gasteiger partial charge is 0.170 e. The molecule has 0 aromatic heterocycles. The standard InChI is InChI=1S/C21H25ClO2/c1-14(2)13-20(16-5-9-18(22)10-6-16)21(23)17-7-11-19(12-8-17)24-15(3)4/h5-12,14-15,20H,13H2,1-4H3. The Balaban J connectivity index is 2.25. The topological polar surface area (TPSA) is 26.3 Å². The van der Waals surface area contributed by atoms with Crippen LogP contribution in [0.1, 0.15) is 56.0 Å². The molecule has 24 heavy (non-hydrogen) atoms. The fourth-order valence-electron chi connectivity index (χ4n) is 2.73. The number of halogens is 1. The minimum Gasteiger partial charge on any atom is -0.491 e.